The maximum Gasteiger partial charge on any atom is 0.303 e. The lowest BCUT2D eigenvalue weighted by Gasteiger charge is -2.06. The number of ether oxygens (including phenoxy) is 1. The number of benzene rings is 1. The molecule has 1 rings (SSSR count). The lowest BCUT2D eigenvalue weighted by Crippen LogP contribution is -2.13. The number of carbonyl (C=O) groups excluding carboxylic acids is 1. The normalized spacial score (nSPS) is 10.1. The van der Waals surface area contributed by atoms with E-state index in [0.717, 1.165) is 5.56 Å². The fraction of sp³-hybridized carbons (Fsp3) is 0.385. The van der Waals surface area contributed by atoms with Crippen LogP contribution in [0.2, 0.25) is 0 Å². The van der Waals surface area contributed by atoms with Gasteiger partial charge in [0.1, 0.15) is 0 Å². The third kappa shape index (κ3) is 5.45. The Morgan fingerprint density at radius 3 is 2.44 bits per heavy atom. The van der Waals surface area contributed by atoms with Crippen LogP contribution in [0.25, 0.3) is 0 Å². The number of methoxy groups -OCH3 is 1. The zero-order chi connectivity index (χ0) is 13.4. The third-order valence-corrected chi connectivity index (χ3v) is 2.40. The van der Waals surface area contributed by atoms with Crippen molar-refractivity contribution in [2.45, 2.75) is 19.3 Å². The summed E-state index contributed by atoms with van der Waals surface area (Å²) >= 11 is 0. The number of amides is 1. The molecule has 1 aromatic carbocycles. The molecule has 5 nitrogen and oxygen atoms in total. The van der Waals surface area contributed by atoms with Crippen molar-refractivity contribution < 1.29 is 19.4 Å². The summed E-state index contributed by atoms with van der Waals surface area (Å²) in [6.07, 6.45) is 0.921. The molecule has 5 heteroatoms. The molecule has 0 bridgehead atoms. The molecule has 2 N–H and O–H groups in total. The number of aryl methyl sites for hydroxylation is 1. The summed E-state index contributed by atoms with van der Waals surface area (Å²) < 4.78 is 4.81. The Morgan fingerprint density at radius 1 is 1.22 bits per heavy atom. The van der Waals surface area contributed by atoms with E-state index < -0.39 is 5.97 Å². The minimum atomic E-state index is -0.813. The minimum Gasteiger partial charge on any atom is -0.481 e. The van der Waals surface area contributed by atoms with E-state index >= 15 is 0 Å². The first-order valence-electron chi connectivity index (χ1n) is 5.71. The van der Waals surface area contributed by atoms with Crippen molar-refractivity contribution in [1.82, 2.24) is 0 Å². The van der Waals surface area contributed by atoms with Crippen LogP contribution in [0.3, 0.4) is 0 Å². The van der Waals surface area contributed by atoms with Crippen molar-refractivity contribution in [1.29, 1.82) is 0 Å². The Labute approximate surface area is 106 Å². The maximum absolute atomic E-state index is 11.4. The van der Waals surface area contributed by atoms with Crippen LogP contribution in [0.5, 0.6) is 0 Å². The van der Waals surface area contributed by atoms with E-state index in [1.54, 1.807) is 19.2 Å². The molecule has 18 heavy (non-hydrogen) atoms. The fourth-order valence-corrected chi connectivity index (χ4v) is 1.42. The molecule has 0 aromatic heterocycles. The molecule has 0 aliphatic heterocycles. The number of anilines is 1. The van der Waals surface area contributed by atoms with Crippen molar-refractivity contribution in [3.05, 3.63) is 29.8 Å². The zero-order valence-corrected chi connectivity index (χ0v) is 10.3. The Kier molecular flexibility index (Phi) is 5.87. The molecule has 0 radical (unpaired) electrons. The highest BCUT2D eigenvalue weighted by molar-refractivity contribution is 5.90. The number of carbonyl (C=O) groups is 2. The lowest BCUT2D eigenvalue weighted by molar-refractivity contribution is -0.137. The number of hydrogen-bond donors (Lipinski definition) is 2. The van der Waals surface area contributed by atoms with E-state index in [-0.39, 0.29) is 12.3 Å². The Hall–Kier alpha value is -1.88. The summed E-state index contributed by atoms with van der Waals surface area (Å²) in [6.45, 7) is 0.391. The predicted octanol–water partition coefficient (Wildman–Crippen LogP) is 1.68. The smallest absolute Gasteiger partial charge is 0.303 e. The van der Waals surface area contributed by atoms with Crippen LogP contribution < -0.4 is 5.32 Å². The van der Waals surface area contributed by atoms with E-state index in [1.165, 1.54) is 0 Å². The van der Waals surface area contributed by atoms with Crippen molar-refractivity contribution in [2.24, 2.45) is 0 Å². The molecule has 0 fully saturated rings. The van der Waals surface area contributed by atoms with Gasteiger partial charge in [0.05, 0.1) is 13.0 Å². The second kappa shape index (κ2) is 7.45. The van der Waals surface area contributed by atoms with Crippen LogP contribution in [0.15, 0.2) is 24.3 Å². The summed E-state index contributed by atoms with van der Waals surface area (Å²) in [5.41, 5.74) is 1.64. The first kappa shape index (κ1) is 14.2. The average molecular weight is 251 g/mol. The van der Waals surface area contributed by atoms with Crippen molar-refractivity contribution in [2.75, 3.05) is 19.0 Å². The second-order valence-corrected chi connectivity index (χ2v) is 3.88. The van der Waals surface area contributed by atoms with E-state index in [1.807, 2.05) is 12.1 Å². The molecule has 1 amide bonds. The molecule has 0 atom stereocenters. The summed E-state index contributed by atoms with van der Waals surface area (Å²) in [7, 11) is 1.55. The van der Waals surface area contributed by atoms with Crippen LogP contribution in [-0.4, -0.2) is 30.7 Å². The number of hydrogen-bond acceptors (Lipinski definition) is 3. The van der Waals surface area contributed by atoms with Gasteiger partial charge in [-0.05, 0) is 24.1 Å². The van der Waals surface area contributed by atoms with Gasteiger partial charge >= 0.3 is 5.97 Å². The minimum absolute atomic E-state index is 0.102. The SMILES string of the molecule is COCCC(=O)Nc1ccc(CCC(=O)O)cc1. The molecule has 0 saturated heterocycles. The van der Waals surface area contributed by atoms with Crippen LogP contribution in [-0.2, 0) is 20.7 Å². The van der Waals surface area contributed by atoms with Crippen molar-refractivity contribution >= 4 is 17.6 Å². The summed E-state index contributed by atoms with van der Waals surface area (Å²) in [5, 5.41) is 11.3. The van der Waals surface area contributed by atoms with E-state index in [2.05, 4.69) is 5.32 Å². The van der Waals surface area contributed by atoms with Gasteiger partial charge in [0, 0.05) is 19.2 Å². The number of aliphatic carboxylic acids is 1. The number of rotatable bonds is 7. The molecule has 0 aliphatic rings. The van der Waals surface area contributed by atoms with Gasteiger partial charge in [-0.25, -0.2) is 0 Å². The highest BCUT2D eigenvalue weighted by Gasteiger charge is 2.03. The van der Waals surface area contributed by atoms with E-state index in [0.29, 0.717) is 25.1 Å². The Bertz CT molecular complexity index is 400. The molecule has 0 unspecified atom stereocenters. The van der Waals surface area contributed by atoms with Gasteiger partial charge in [-0.1, -0.05) is 12.1 Å². The topological polar surface area (TPSA) is 75.6 Å². The van der Waals surface area contributed by atoms with Gasteiger partial charge in [-0.15, -0.1) is 0 Å². The fourth-order valence-electron chi connectivity index (χ4n) is 1.42. The van der Waals surface area contributed by atoms with E-state index in [9.17, 15) is 9.59 Å². The number of carboxylic acids is 1. The molecule has 1 aromatic rings. The predicted molar refractivity (Wildman–Crippen MR) is 67.5 cm³/mol. The molecule has 0 spiro atoms. The lowest BCUT2D eigenvalue weighted by atomic mass is 10.1. The number of nitrogens with one attached hydrogen (secondary N) is 1. The van der Waals surface area contributed by atoms with Crippen LogP contribution >= 0.6 is 0 Å². The molecule has 98 valence electrons. The third-order valence-electron chi connectivity index (χ3n) is 2.40. The van der Waals surface area contributed by atoms with Gasteiger partial charge in [0.25, 0.3) is 0 Å². The first-order chi connectivity index (χ1) is 8.61. The zero-order valence-electron chi connectivity index (χ0n) is 10.3. The monoisotopic (exact) mass is 251 g/mol. The van der Waals surface area contributed by atoms with Gasteiger partial charge < -0.3 is 15.2 Å². The maximum atomic E-state index is 11.4. The standard InChI is InChI=1S/C13H17NO4/c1-18-9-8-12(15)14-11-5-2-10(3-6-11)4-7-13(16)17/h2-3,5-6H,4,7-9H2,1H3,(H,14,15)(H,16,17). The molecule has 0 aliphatic carbocycles. The summed E-state index contributed by atoms with van der Waals surface area (Å²) in [6, 6.07) is 7.16. The van der Waals surface area contributed by atoms with Crippen molar-refractivity contribution in [3.8, 4) is 0 Å². The molecular formula is C13H17NO4. The van der Waals surface area contributed by atoms with Gasteiger partial charge in [0.2, 0.25) is 5.91 Å². The largest absolute Gasteiger partial charge is 0.481 e. The number of carboxylic acid groups (broad SMARTS) is 1. The molecule has 0 heterocycles. The Balaban J connectivity index is 2.44. The second-order valence-electron chi connectivity index (χ2n) is 3.88. The highest BCUT2D eigenvalue weighted by Crippen LogP contribution is 2.11. The van der Waals surface area contributed by atoms with Crippen LogP contribution in [0.4, 0.5) is 5.69 Å². The average Bonchev–Trinajstić information content (AvgIpc) is 2.35. The highest BCUT2D eigenvalue weighted by atomic mass is 16.5. The summed E-state index contributed by atoms with van der Waals surface area (Å²) in [5.74, 6) is -0.915. The molecular weight excluding hydrogens is 234 g/mol. The Morgan fingerprint density at radius 2 is 1.89 bits per heavy atom. The van der Waals surface area contributed by atoms with Gasteiger partial charge in [-0.2, -0.15) is 0 Å². The van der Waals surface area contributed by atoms with Gasteiger partial charge in [-0.3, -0.25) is 9.59 Å². The van der Waals surface area contributed by atoms with Crippen molar-refractivity contribution in [3.63, 3.8) is 0 Å². The van der Waals surface area contributed by atoms with Crippen LogP contribution in [0.1, 0.15) is 18.4 Å². The van der Waals surface area contributed by atoms with Gasteiger partial charge in [0.15, 0.2) is 0 Å². The quantitative estimate of drug-likeness (QED) is 0.773. The van der Waals surface area contributed by atoms with E-state index in [4.69, 9.17) is 9.84 Å². The molecule has 0 saturated carbocycles. The van der Waals surface area contributed by atoms with Crippen LogP contribution in [0, 0.1) is 0 Å². The summed E-state index contributed by atoms with van der Waals surface area (Å²) in [4.78, 5) is 21.8. The first-order valence-corrected chi connectivity index (χ1v) is 5.71.